The first-order chi connectivity index (χ1) is 16.9. The quantitative estimate of drug-likeness (QED) is 0.257. The first kappa shape index (κ1) is 24.8. The van der Waals surface area contributed by atoms with Gasteiger partial charge in [0.15, 0.2) is 18.1 Å². The molecule has 1 fully saturated rings. The summed E-state index contributed by atoms with van der Waals surface area (Å²) in [6, 6.07) is 17.1. The van der Waals surface area contributed by atoms with E-state index in [1.807, 2.05) is 49.4 Å². The van der Waals surface area contributed by atoms with Gasteiger partial charge >= 0.3 is 5.97 Å². The summed E-state index contributed by atoms with van der Waals surface area (Å²) < 4.78 is 16.4. The van der Waals surface area contributed by atoms with Crippen LogP contribution < -0.4 is 9.47 Å². The number of imide groups is 1. The van der Waals surface area contributed by atoms with Crippen molar-refractivity contribution >= 4 is 61.7 Å². The van der Waals surface area contributed by atoms with Crippen LogP contribution >= 0.6 is 27.7 Å². The SMILES string of the molecule is CCOc1cc(/C=C2/SC(=O)N(Cc3cccc4ccccc34)C2=O)cc(Br)c1OCC(=O)OC. The fraction of sp³-hybridized carbons (Fsp3) is 0.192. The lowest BCUT2D eigenvalue weighted by atomic mass is 10.0. The van der Waals surface area contributed by atoms with Crippen LogP contribution in [0.5, 0.6) is 11.5 Å². The van der Waals surface area contributed by atoms with Gasteiger partial charge in [0, 0.05) is 0 Å². The molecule has 4 rings (SSSR count). The van der Waals surface area contributed by atoms with Crippen molar-refractivity contribution in [3.63, 3.8) is 0 Å². The van der Waals surface area contributed by atoms with Crippen LogP contribution in [-0.4, -0.2) is 42.3 Å². The van der Waals surface area contributed by atoms with Crippen LogP contribution in [0.4, 0.5) is 4.79 Å². The molecule has 0 aliphatic carbocycles. The number of nitrogens with zero attached hydrogens (tertiary/aromatic N) is 1. The van der Waals surface area contributed by atoms with Gasteiger partial charge < -0.3 is 14.2 Å². The molecule has 7 nitrogen and oxygen atoms in total. The van der Waals surface area contributed by atoms with Crippen LogP contribution in [0.25, 0.3) is 16.8 Å². The zero-order valence-corrected chi connectivity index (χ0v) is 21.5. The largest absolute Gasteiger partial charge is 0.490 e. The zero-order valence-electron chi connectivity index (χ0n) is 19.1. The highest BCUT2D eigenvalue weighted by Gasteiger charge is 2.35. The predicted molar refractivity (Wildman–Crippen MR) is 138 cm³/mol. The van der Waals surface area contributed by atoms with Crippen LogP contribution in [0, 0.1) is 0 Å². The summed E-state index contributed by atoms with van der Waals surface area (Å²) in [5.74, 6) is -0.137. The Kier molecular flexibility index (Phi) is 7.77. The molecule has 0 radical (unpaired) electrons. The van der Waals surface area contributed by atoms with Crippen LogP contribution in [0.3, 0.4) is 0 Å². The summed E-state index contributed by atoms with van der Waals surface area (Å²) in [7, 11) is 1.28. The first-order valence-electron chi connectivity index (χ1n) is 10.8. The molecule has 1 aliphatic heterocycles. The number of fused-ring (bicyclic) bond motifs is 1. The third-order valence-corrected chi connectivity index (χ3v) is 6.77. The van der Waals surface area contributed by atoms with E-state index in [4.69, 9.17) is 9.47 Å². The van der Waals surface area contributed by atoms with Crippen molar-refractivity contribution in [1.82, 2.24) is 4.90 Å². The second-order valence-corrected chi connectivity index (χ2v) is 9.38. The van der Waals surface area contributed by atoms with Crippen molar-refractivity contribution < 1.29 is 28.6 Å². The minimum Gasteiger partial charge on any atom is -0.490 e. The summed E-state index contributed by atoms with van der Waals surface area (Å²) in [4.78, 5) is 38.9. The molecule has 0 N–H and O–H groups in total. The summed E-state index contributed by atoms with van der Waals surface area (Å²) in [5, 5.41) is 1.73. The van der Waals surface area contributed by atoms with Crippen molar-refractivity contribution in [2.45, 2.75) is 13.5 Å². The van der Waals surface area contributed by atoms with E-state index in [1.54, 1.807) is 18.2 Å². The molecule has 0 atom stereocenters. The number of ether oxygens (including phenoxy) is 3. The Morgan fingerprint density at radius 1 is 1.09 bits per heavy atom. The number of amides is 2. The summed E-state index contributed by atoms with van der Waals surface area (Å²) in [6.07, 6.45) is 1.64. The highest BCUT2D eigenvalue weighted by atomic mass is 79.9. The number of rotatable bonds is 8. The number of hydrogen-bond acceptors (Lipinski definition) is 7. The van der Waals surface area contributed by atoms with E-state index < -0.39 is 5.97 Å². The molecule has 0 saturated carbocycles. The second kappa shape index (κ2) is 11.0. The molecule has 0 spiro atoms. The molecule has 0 unspecified atom stereocenters. The predicted octanol–water partition coefficient (Wildman–Crippen LogP) is 5.79. The van der Waals surface area contributed by atoms with Gasteiger partial charge in [-0.3, -0.25) is 14.5 Å². The third-order valence-electron chi connectivity index (χ3n) is 5.27. The van der Waals surface area contributed by atoms with E-state index >= 15 is 0 Å². The summed E-state index contributed by atoms with van der Waals surface area (Å²) in [6.45, 7) is 2.11. The maximum atomic E-state index is 13.1. The van der Waals surface area contributed by atoms with E-state index in [9.17, 15) is 14.4 Å². The molecule has 0 aromatic heterocycles. The molecular weight excluding hydrogens is 534 g/mol. The standard InChI is InChI=1S/C26H22BrNO6S/c1-3-33-21-12-16(11-20(27)24(21)34-15-23(29)32-2)13-22-25(30)28(26(31)35-22)14-18-9-6-8-17-7-4-5-10-19(17)18/h4-13H,3,14-15H2,1-2H3/b22-13+. The molecule has 1 saturated heterocycles. The van der Waals surface area contributed by atoms with Gasteiger partial charge in [0.2, 0.25) is 0 Å². The van der Waals surface area contributed by atoms with Crippen molar-refractivity contribution in [3.05, 3.63) is 75.1 Å². The molecule has 35 heavy (non-hydrogen) atoms. The van der Waals surface area contributed by atoms with E-state index in [2.05, 4.69) is 20.7 Å². The lowest BCUT2D eigenvalue weighted by Crippen LogP contribution is -2.27. The molecule has 9 heteroatoms. The van der Waals surface area contributed by atoms with Gasteiger partial charge in [0.05, 0.1) is 29.6 Å². The van der Waals surface area contributed by atoms with Gasteiger partial charge in [0.25, 0.3) is 11.1 Å². The Morgan fingerprint density at radius 2 is 1.86 bits per heavy atom. The van der Waals surface area contributed by atoms with Gasteiger partial charge in [-0.05, 0) is 74.7 Å². The number of carbonyl (C=O) groups is 3. The van der Waals surface area contributed by atoms with E-state index in [0.717, 1.165) is 28.1 Å². The fourth-order valence-electron chi connectivity index (χ4n) is 3.65. The second-order valence-electron chi connectivity index (χ2n) is 7.53. The Bertz CT molecular complexity index is 1330. The number of methoxy groups -OCH3 is 1. The number of thioether (sulfide) groups is 1. The molecule has 180 valence electrons. The van der Waals surface area contributed by atoms with Gasteiger partial charge in [0.1, 0.15) is 0 Å². The lowest BCUT2D eigenvalue weighted by Gasteiger charge is -2.15. The van der Waals surface area contributed by atoms with Crippen molar-refractivity contribution in [2.75, 3.05) is 20.3 Å². The minimum atomic E-state index is -0.525. The van der Waals surface area contributed by atoms with Crippen LogP contribution in [0.2, 0.25) is 0 Å². The molecule has 1 heterocycles. The highest BCUT2D eigenvalue weighted by molar-refractivity contribution is 9.10. The average molecular weight is 556 g/mol. The molecule has 0 bridgehead atoms. The maximum absolute atomic E-state index is 13.1. The lowest BCUT2D eigenvalue weighted by molar-refractivity contribution is -0.143. The first-order valence-corrected chi connectivity index (χ1v) is 12.4. The summed E-state index contributed by atoms with van der Waals surface area (Å²) >= 11 is 4.34. The Balaban J connectivity index is 1.59. The Morgan fingerprint density at radius 3 is 2.63 bits per heavy atom. The van der Waals surface area contributed by atoms with Gasteiger partial charge in [-0.1, -0.05) is 42.5 Å². The highest BCUT2D eigenvalue weighted by Crippen LogP contribution is 2.39. The maximum Gasteiger partial charge on any atom is 0.343 e. The van der Waals surface area contributed by atoms with Gasteiger partial charge in [-0.2, -0.15) is 0 Å². The van der Waals surface area contributed by atoms with Crippen molar-refractivity contribution in [3.8, 4) is 11.5 Å². The Labute approximate surface area is 215 Å². The fourth-order valence-corrected chi connectivity index (χ4v) is 5.07. The smallest absolute Gasteiger partial charge is 0.343 e. The van der Waals surface area contributed by atoms with Gasteiger partial charge in [-0.25, -0.2) is 4.79 Å². The monoisotopic (exact) mass is 555 g/mol. The van der Waals surface area contributed by atoms with Gasteiger partial charge in [-0.15, -0.1) is 0 Å². The molecule has 3 aromatic rings. The normalized spacial score (nSPS) is 14.6. The third kappa shape index (κ3) is 5.52. The molecule has 3 aromatic carbocycles. The Hall–Kier alpha value is -3.30. The van der Waals surface area contributed by atoms with Crippen LogP contribution in [0.15, 0.2) is 64.0 Å². The van der Waals surface area contributed by atoms with Crippen LogP contribution in [-0.2, 0) is 20.9 Å². The molecule has 2 amide bonds. The van der Waals surface area contributed by atoms with Crippen molar-refractivity contribution in [2.24, 2.45) is 0 Å². The van der Waals surface area contributed by atoms with E-state index in [1.165, 1.54) is 12.0 Å². The van der Waals surface area contributed by atoms with E-state index in [-0.39, 0.29) is 24.3 Å². The van der Waals surface area contributed by atoms with Crippen molar-refractivity contribution in [1.29, 1.82) is 0 Å². The summed E-state index contributed by atoms with van der Waals surface area (Å²) in [5.41, 5.74) is 1.54. The number of benzene rings is 3. The number of carbonyl (C=O) groups excluding carboxylic acids is 3. The number of hydrogen-bond donors (Lipinski definition) is 0. The van der Waals surface area contributed by atoms with E-state index in [0.29, 0.717) is 33.0 Å². The minimum absolute atomic E-state index is 0.192. The zero-order chi connectivity index (χ0) is 24.9. The molecular formula is C26H22BrNO6S. The molecule has 1 aliphatic rings. The topological polar surface area (TPSA) is 82.1 Å². The number of esters is 1. The number of halogens is 1. The van der Waals surface area contributed by atoms with Crippen LogP contribution in [0.1, 0.15) is 18.1 Å². The average Bonchev–Trinajstić information content (AvgIpc) is 3.11.